The van der Waals surface area contributed by atoms with Crippen molar-refractivity contribution in [1.29, 1.82) is 0 Å². The second-order valence-corrected chi connectivity index (χ2v) is 6.06. The van der Waals surface area contributed by atoms with Gasteiger partial charge in [0, 0.05) is 10.2 Å². The Balaban J connectivity index is 1.85. The summed E-state index contributed by atoms with van der Waals surface area (Å²) in [7, 11) is 0. The maximum Gasteiger partial charge on any atom is 0.347 e. The summed E-state index contributed by atoms with van der Waals surface area (Å²) < 4.78 is 11.6. The minimum Gasteiger partial charge on any atom is -0.479 e. The van der Waals surface area contributed by atoms with E-state index < -0.39 is 24.1 Å². The molecule has 0 aliphatic rings. The molecular weight excluding hydrogens is 374 g/mol. The molecule has 24 heavy (non-hydrogen) atoms. The molecular formula is C18H18BrNO4. The molecule has 0 aromatic heterocycles. The average molecular weight is 392 g/mol. The van der Waals surface area contributed by atoms with E-state index in [1.807, 2.05) is 18.2 Å². The Morgan fingerprint density at radius 2 is 1.58 bits per heavy atom. The summed E-state index contributed by atoms with van der Waals surface area (Å²) in [5.41, 5.74) is 0.643. The zero-order valence-electron chi connectivity index (χ0n) is 13.4. The number of rotatable bonds is 6. The van der Waals surface area contributed by atoms with Crippen LogP contribution in [0.2, 0.25) is 0 Å². The van der Waals surface area contributed by atoms with E-state index in [1.165, 1.54) is 6.92 Å². The number of para-hydroxylation sites is 1. The van der Waals surface area contributed by atoms with E-state index in [-0.39, 0.29) is 0 Å². The summed E-state index contributed by atoms with van der Waals surface area (Å²) in [5, 5.41) is 2.68. The lowest BCUT2D eigenvalue weighted by Gasteiger charge is -2.17. The van der Waals surface area contributed by atoms with Crippen LogP contribution >= 0.6 is 15.9 Å². The van der Waals surface area contributed by atoms with E-state index in [0.717, 1.165) is 4.47 Å². The van der Waals surface area contributed by atoms with Gasteiger partial charge in [-0.2, -0.15) is 0 Å². The topological polar surface area (TPSA) is 64.6 Å². The standard InChI is InChI=1S/C18H18BrNO4/c1-12(17(21)20-15-6-4-3-5-7-15)24-18(22)13(2)23-16-10-8-14(19)9-11-16/h3-13H,1-2H3,(H,20,21)/t12-,13-/m0/s1. The van der Waals surface area contributed by atoms with Crippen LogP contribution in [0.5, 0.6) is 5.75 Å². The molecule has 0 aliphatic heterocycles. The van der Waals surface area contributed by atoms with Crippen LogP contribution in [-0.4, -0.2) is 24.1 Å². The second kappa shape index (κ2) is 8.49. The number of anilines is 1. The van der Waals surface area contributed by atoms with Crippen molar-refractivity contribution in [2.24, 2.45) is 0 Å². The first kappa shape index (κ1) is 18.0. The summed E-state index contributed by atoms with van der Waals surface area (Å²) in [6.45, 7) is 3.09. The fraction of sp³-hybridized carbons (Fsp3) is 0.222. The summed E-state index contributed by atoms with van der Waals surface area (Å²) in [5.74, 6) is -0.455. The molecule has 0 radical (unpaired) electrons. The maximum atomic E-state index is 12.0. The molecule has 0 bridgehead atoms. The zero-order chi connectivity index (χ0) is 17.5. The number of hydrogen-bond donors (Lipinski definition) is 1. The van der Waals surface area contributed by atoms with Crippen molar-refractivity contribution < 1.29 is 19.1 Å². The second-order valence-electron chi connectivity index (χ2n) is 5.15. The van der Waals surface area contributed by atoms with Gasteiger partial charge in [0.2, 0.25) is 0 Å². The normalized spacial score (nSPS) is 12.8. The van der Waals surface area contributed by atoms with Crippen molar-refractivity contribution in [2.45, 2.75) is 26.1 Å². The molecule has 0 saturated carbocycles. The van der Waals surface area contributed by atoms with Crippen molar-refractivity contribution >= 4 is 33.5 Å². The van der Waals surface area contributed by atoms with Gasteiger partial charge < -0.3 is 14.8 Å². The molecule has 0 saturated heterocycles. The van der Waals surface area contributed by atoms with Crippen molar-refractivity contribution in [1.82, 2.24) is 0 Å². The molecule has 1 amide bonds. The lowest BCUT2D eigenvalue weighted by atomic mass is 10.3. The molecule has 0 fully saturated rings. The number of benzene rings is 2. The molecule has 2 aromatic carbocycles. The minimum atomic E-state index is -0.923. The minimum absolute atomic E-state index is 0.398. The zero-order valence-corrected chi connectivity index (χ0v) is 14.9. The molecule has 2 rings (SSSR count). The van der Waals surface area contributed by atoms with E-state index in [4.69, 9.17) is 9.47 Å². The van der Waals surface area contributed by atoms with Crippen LogP contribution in [0.1, 0.15) is 13.8 Å². The van der Waals surface area contributed by atoms with Gasteiger partial charge in [-0.15, -0.1) is 0 Å². The lowest BCUT2D eigenvalue weighted by molar-refractivity contribution is -0.159. The predicted octanol–water partition coefficient (Wildman–Crippen LogP) is 3.79. The molecule has 0 aliphatic carbocycles. The number of nitrogens with one attached hydrogen (secondary N) is 1. The van der Waals surface area contributed by atoms with Crippen LogP contribution in [0.3, 0.4) is 0 Å². The number of hydrogen-bond acceptors (Lipinski definition) is 4. The van der Waals surface area contributed by atoms with Crippen LogP contribution in [0.25, 0.3) is 0 Å². The van der Waals surface area contributed by atoms with Crippen LogP contribution in [0, 0.1) is 0 Å². The Bertz CT molecular complexity index is 688. The quantitative estimate of drug-likeness (QED) is 0.760. The molecule has 1 N–H and O–H groups in total. The van der Waals surface area contributed by atoms with Crippen molar-refractivity contribution in [3.63, 3.8) is 0 Å². The predicted molar refractivity (Wildman–Crippen MR) is 94.9 cm³/mol. The monoisotopic (exact) mass is 391 g/mol. The summed E-state index contributed by atoms with van der Waals surface area (Å²) in [6, 6.07) is 16.1. The summed E-state index contributed by atoms with van der Waals surface area (Å²) >= 11 is 3.32. The van der Waals surface area contributed by atoms with Crippen molar-refractivity contribution in [3.8, 4) is 5.75 Å². The molecule has 5 nitrogen and oxygen atoms in total. The summed E-state index contributed by atoms with van der Waals surface area (Å²) in [6.07, 6.45) is -1.74. The van der Waals surface area contributed by atoms with Gasteiger partial charge in [0.25, 0.3) is 5.91 Å². The van der Waals surface area contributed by atoms with Gasteiger partial charge in [-0.3, -0.25) is 4.79 Å². The van der Waals surface area contributed by atoms with E-state index in [2.05, 4.69) is 21.2 Å². The van der Waals surface area contributed by atoms with E-state index >= 15 is 0 Å². The number of ether oxygens (including phenoxy) is 2. The molecule has 0 heterocycles. The van der Waals surface area contributed by atoms with Crippen molar-refractivity contribution in [2.75, 3.05) is 5.32 Å². The number of carbonyl (C=O) groups excluding carboxylic acids is 2. The highest BCUT2D eigenvalue weighted by atomic mass is 79.9. The fourth-order valence-corrected chi connectivity index (χ4v) is 2.12. The molecule has 6 heteroatoms. The molecule has 0 unspecified atom stereocenters. The van der Waals surface area contributed by atoms with Gasteiger partial charge in [0.1, 0.15) is 5.75 Å². The van der Waals surface area contributed by atoms with Crippen LogP contribution in [0.4, 0.5) is 5.69 Å². The number of halogens is 1. The van der Waals surface area contributed by atoms with Gasteiger partial charge in [-0.05, 0) is 50.2 Å². The number of amides is 1. The largest absolute Gasteiger partial charge is 0.479 e. The lowest BCUT2D eigenvalue weighted by Crippen LogP contribution is -2.35. The average Bonchev–Trinajstić information content (AvgIpc) is 2.57. The Morgan fingerprint density at radius 3 is 2.21 bits per heavy atom. The number of esters is 1. The molecule has 126 valence electrons. The van der Waals surface area contributed by atoms with Gasteiger partial charge in [0.05, 0.1) is 0 Å². The molecule has 0 spiro atoms. The smallest absolute Gasteiger partial charge is 0.347 e. The third-order valence-electron chi connectivity index (χ3n) is 3.16. The Morgan fingerprint density at radius 1 is 0.958 bits per heavy atom. The number of carbonyl (C=O) groups is 2. The first-order valence-corrected chi connectivity index (χ1v) is 8.23. The van der Waals surface area contributed by atoms with Crippen LogP contribution < -0.4 is 10.1 Å². The van der Waals surface area contributed by atoms with Gasteiger partial charge in [-0.25, -0.2) is 4.79 Å². The van der Waals surface area contributed by atoms with Gasteiger partial charge >= 0.3 is 5.97 Å². The Hall–Kier alpha value is -2.34. The first-order chi connectivity index (χ1) is 11.5. The van der Waals surface area contributed by atoms with Gasteiger partial charge in [-0.1, -0.05) is 34.1 Å². The fourth-order valence-electron chi connectivity index (χ4n) is 1.85. The third kappa shape index (κ3) is 5.38. The van der Waals surface area contributed by atoms with Crippen LogP contribution in [0.15, 0.2) is 59.1 Å². The highest BCUT2D eigenvalue weighted by Crippen LogP contribution is 2.17. The van der Waals surface area contributed by atoms with Crippen molar-refractivity contribution in [3.05, 3.63) is 59.1 Å². The summed E-state index contributed by atoms with van der Waals surface area (Å²) in [4.78, 5) is 24.1. The highest BCUT2D eigenvalue weighted by Gasteiger charge is 2.23. The highest BCUT2D eigenvalue weighted by molar-refractivity contribution is 9.10. The SMILES string of the molecule is C[C@H](OC(=O)[C@H](C)Oc1ccc(Br)cc1)C(=O)Nc1ccccc1. The Labute approximate surface area is 149 Å². The van der Waals surface area contributed by atoms with E-state index in [0.29, 0.717) is 11.4 Å². The Kier molecular flexibility index (Phi) is 6.37. The first-order valence-electron chi connectivity index (χ1n) is 7.44. The van der Waals surface area contributed by atoms with Crippen LogP contribution in [-0.2, 0) is 14.3 Å². The molecule has 2 aromatic rings. The van der Waals surface area contributed by atoms with E-state index in [1.54, 1.807) is 43.3 Å². The third-order valence-corrected chi connectivity index (χ3v) is 3.69. The van der Waals surface area contributed by atoms with Gasteiger partial charge in [0.15, 0.2) is 12.2 Å². The maximum absolute atomic E-state index is 12.0. The molecule has 2 atom stereocenters. The van der Waals surface area contributed by atoms with E-state index in [9.17, 15) is 9.59 Å².